The van der Waals surface area contributed by atoms with Crippen LogP contribution in [0.4, 0.5) is 0 Å². The number of fused-ring (bicyclic) bond motifs is 4. The Kier molecular flexibility index (Phi) is 3.98. The van der Waals surface area contributed by atoms with Crippen LogP contribution in [0.1, 0.15) is 43.8 Å². The average Bonchev–Trinajstić information content (AvgIpc) is 3.46. The smallest absolute Gasteiger partial charge is 0.261 e. The summed E-state index contributed by atoms with van der Waals surface area (Å²) < 4.78 is 7.22. The van der Waals surface area contributed by atoms with Gasteiger partial charge in [0.15, 0.2) is 0 Å². The lowest BCUT2D eigenvalue weighted by Crippen LogP contribution is -2.50. The number of aromatic nitrogens is 2. The Morgan fingerprint density at radius 1 is 1.23 bits per heavy atom. The molecule has 138 valence electrons. The zero-order valence-corrected chi connectivity index (χ0v) is 15.8. The fourth-order valence-corrected chi connectivity index (χ4v) is 5.07. The van der Waals surface area contributed by atoms with Gasteiger partial charge in [-0.1, -0.05) is 11.6 Å². The van der Waals surface area contributed by atoms with Crippen molar-refractivity contribution in [3.63, 3.8) is 0 Å². The van der Waals surface area contributed by atoms with Crippen molar-refractivity contribution in [1.82, 2.24) is 14.5 Å². The Hall–Kier alpha value is -1.59. The molecule has 2 fully saturated rings. The molecule has 5 rings (SSSR count). The van der Waals surface area contributed by atoms with Crippen LogP contribution in [0.15, 0.2) is 16.9 Å². The second kappa shape index (κ2) is 6.24. The number of hydrogen-bond acceptors (Lipinski definition) is 4. The number of hydrogen-bond donors (Lipinski definition) is 0. The van der Waals surface area contributed by atoms with Gasteiger partial charge in [0.2, 0.25) is 0 Å². The maximum Gasteiger partial charge on any atom is 0.261 e. The zero-order chi connectivity index (χ0) is 17.8. The molecule has 2 aliphatic heterocycles. The molecule has 1 saturated heterocycles. The van der Waals surface area contributed by atoms with Crippen molar-refractivity contribution in [3.05, 3.63) is 33.3 Å². The van der Waals surface area contributed by atoms with E-state index in [4.69, 9.17) is 21.3 Å². The van der Waals surface area contributed by atoms with Crippen molar-refractivity contribution >= 4 is 22.5 Å². The first kappa shape index (κ1) is 16.6. The lowest BCUT2D eigenvalue weighted by molar-refractivity contribution is 0.0912. The fourth-order valence-electron chi connectivity index (χ4n) is 4.83. The molecule has 6 heteroatoms. The quantitative estimate of drug-likeness (QED) is 0.827. The highest BCUT2D eigenvalue weighted by Gasteiger charge is 2.40. The van der Waals surface area contributed by atoms with E-state index >= 15 is 0 Å². The van der Waals surface area contributed by atoms with Crippen LogP contribution < -0.4 is 10.3 Å². The van der Waals surface area contributed by atoms with Gasteiger partial charge in [-0.25, -0.2) is 4.98 Å². The molecule has 26 heavy (non-hydrogen) atoms. The van der Waals surface area contributed by atoms with Crippen LogP contribution in [-0.2, 0) is 6.54 Å². The minimum absolute atomic E-state index is 0.0346. The predicted octanol–water partition coefficient (Wildman–Crippen LogP) is 3.42. The molecule has 1 aromatic carbocycles. The molecule has 3 aliphatic rings. The molecule has 0 unspecified atom stereocenters. The van der Waals surface area contributed by atoms with Crippen molar-refractivity contribution in [2.45, 2.75) is 50.6 Å². The molecule has 2 atom stereocenters. The summed E-state index contributed by atoms with van der Waals surface area (Å²) in [5.74, 6) is 2.79. The largest absolute Gasteiger partial charge is 0.495 e. The van der Waals surface area contributed by atoms with Gasteiger partial charge in [0.1, 0.15) is 11.6 Å². The molecule has 1 aliphatic carbocycles. The highest BCUT2D eigenvalue weighted by molar-refractivity contribution is 6.32. The zero-order valence-electron chi connectivity index (χ0n) is 15.1. The molecular formula is C20H24ClN3O2. The van der Waals surface area contributed by atoms with E-state index in [-0.39, 0.29) is 5.56 Å². The maximum absolute atomic E-state index is 13.1. The van der Waals surface area contributed by atoms with E-state index in [1.54, 1.807) is 19.2 Å². The van der Waals surface area contributed by atoms with Crippen LogP contribution in [0, 0.1) is 5.92 Å². The molecule has 0 spiro atoms. The van der Waals surface area contributed by atoms with Gasteiger partial charge in [0.05, 0.1) is 23.0 Å². The summed E-state index contributed by atoms with van der Waals surface area (Å²) in [6, 6.07) is 4.03. The summed E-state index contributed by atoms with van der Waals surface area (Å²) in [6.07, 6.45) is 6.11. The molecular weight excluding hydrogens is 350 g/mol. The molecule has 5 nitrogen and oxygen atoms in total. The van der Waals surface area contributed by atoms with E-state index in [9.17, 15) is 4.79 Å². The topological polar surface area (TPSA) is 47.4 Å². The van der Waals surface area contributed by atoms with Crippen LogP contribution in [0.5, 0.6) is 5.75 Å². The summed E-state index contributed by atoms with van der Waals surface area (Å²) in [4.78, 5) is 20.7. The predicted molar refractivity (Wildman–Crippen MR) is 102 cm³/mol. The number of benzene rings is 1. The minimum atomic E-state index is 0.0346. The van der Waals surface area contributed by atoms with Gasteiger partial charge >= 0.3 is 0 Å². The average molecular weight is 374 g/mol. The molecule has 0 amide bonds. The Morgan fingerprint density at radius 2 is 2.08 bits per heavy atom. The third kappa shape index (κ3) is 2.64. The molecule has 0 bridgehead atoms. The lowest BCUT2D eigenvalue weighted by atomic mass is 9.83. The highest BCUT2D eigenvalue weighted by Crippen LogP contribution is 2.40. The molecule has 1 aromatic heterocycles. The Morgan fingerprint density at radius 3 is 2.85 bits per heavy atom. The SMILES string of the molecule is COc1cc2nc3n(c(=O)c2cc1Cl)CC[C@@H]1[C@@H]3CCCN1CC1CC1. The van der Waals surface area contributed by atoms with Crippen LogP contribution in [0.25, 0.3) is 10.9 Å². The Bertz CT molecular complexity index is 921. The number of likely N-dealkylation sites (tertiary alicyclic amines) is 1. The number of rotatable bonds is 3. The van der Waals surface area contributed by atoms with Crippen molar-refractivity contribution in [3.8, 4) is 5.75 Å². The van der Waals surface area contributed by atoms with E-state index in [0.717, 1.165) is 31.1 Å². The number of methoxy groups -OCH3 is 1. The van der Waals surface area contributed by atoms with E-state index < -0.39 is 0 Å². The molecule has 0 radical (unpaired) electrons. The third-order valence-electron chi connectivity index (χ3n) is 6.32. The van der Waals surface area contributed by atoms with Crippen LogP contribution in [-0.4, -0.2) is 40.7 Å². The summed E-state index contributed by atoms with van der Waals surface area (Å²) >= 11 is 6.24. The molecule has 3 heterocycles. The number of ether oxygens (including phenoxy) is 1. The Balaban J connectivity index is 1.60. The molecule has 1 saturated carbocycles. The van der Waals surface area contributed by atoms with Crippen LogP contribution in [0.3, 0.4) is 0 Å². The Labute approximate surface area is 157 Å². The summed E-state index contributed by atoms with van der Waals surface area (Å²) in [5.41, 5.74) is 0.731. The third-order valence-corrected chi connectivity index (χ3v) is 6.62. The second-order valence-electron chi connectivity index (χ2n) is 7.97. The number of halogens is 1. The molecule has 0 N–H and O–H groups in total. The van der Waals surface area contributed by atoms with E-state index in [0.29, 0.717) is 33.6 Å². The lowest BCUT2D eigenvalue weighted by Gasteiger charge is -2.44. The minimum Gasteiger partial charge on any atom is -0.495 e. The van der Waals surface area contributed by atoms with Gasteiger partial charge in [-0.2, -0.15) is 0 Å². The second-order valence-corrected chi connectivity index (χ2v) is 8.38. The van der Waals surface area contributed by atoms with Gasteiger partial charge in [-0.15, -0.1) is 0 Å². The normalized spacial score (nSPS) is 25.8. The van der Waals surface area contributed by atoms with E-state index in [1.807, 2.05) is 4.57 Å². The van der Waals surface area contributed by atoms with Gasteiger partial charge in [0.25, 0.3) is 5.56 Å². The first-order valence-electron chi connectivity index (χ1n) is 9.67. The van der Waals surface area contributed by atoms with Gasteiger partial charge < -0.3 is 4.74 Å². The summed E-state index contributed by atoms with van der Waals surface area (Å²) in [5, 5.41) is 1.05. The number of piperidine rings is 1. The first-order valence-corrected chi connectivity index (χ1v) is 10.1. The van der Waals surface area contributed by atoms with E-state index in [1.165, 1.54) is 32.4 Å². The summed E-state index contributed by atoms with van der Waals surface area (Å²) in [7, 11) is 1.59. The standard InChI is InChI=1S/C20H24ClN3O2/c1-26-18-10-16-14(9-15(18)21)20(25)24-8-6-17-13(19(24)22-16)3-2-7-23(17)11-12-4-5-12/h9-10,12-13,17H,2-8,11H2,1H3/t13-,17+/m0/s1. The first-order chi connectivity index (χ1) is 12.7. The fraction of sp³-hybridized carbons (Fsp3) is 0.600. The number of nitrogens with zero attached hydrogens (tertiary/aromatic N) is 3. The van der Waals surface area contributed by atoms with Crippen molar-refractivity contribution in [1.29, 1.82) is 0 Å². The van der Waals surface area contributed by atoms with Gasteiger partial charge in [-0.05, 0) is 50.6 Å². The monoisotopic (exact) mass is 373 g/mol. The van der Waals surface area contributed by atoms with Gasteiger partial charge in [-0.3, -0.25) is 14.3 Å². The highest BCUT2D eigenvalue weighted by atomic mass is 35.5. The maximum atomic E-state index is 13.1. The van der Waals surface area contributed by atoms with Crippen molar-refractivity contribution < 1.29 is 4.74 Å². The molecule has 2 aromatic rings. The van der Waals surface area contributed by atoms with Crippen LogP contribution >= 0.6 is 11.6 Å². The van der Waals surface area contributed by atoms with Gasteiger partial charge in [0, 0.05) is 31.1 Å². The van der Waals surface area contributed by atoms with Crippen LogP contribution in [0.2, 0.25) is 5.02 Å². The van der Waals surface area contributed by atoms with Crippen molar-refractivity contribution in [2.75, 3.05) is 20.2 Å². The van der Waals surface area contributed by atoms with E-state index in [2.05, 4.69) is 4.90 Å². The van der Waals surface area contributed by atoms with Crippen molar-refractivity contribution in [2.24, 2.45) is 5.92 Å². The summed E-state index contributed by atoms with van der Waals surface area (Å²) in [6.45, 7) is 3.17.